The van der Waals surface area contributed by atoms with Crippen molar-refractivity contribution in [2.45, 2.75) is 72.1 Å². The van der Waals surface area contributed by atoms with Gasteiger partial charge in [0.2, 0.25) is 0 Å². The van der Waals surface area contributed by atoms with E-state index in [1.54, 1.807) is 0 Å². The van der Waals surface area contributed by atoms with Crippen molar-refractivity contribution in [2.75, 3.05) is 32.7 Å². The Balaban J connectivity index is 1.62. The van der Waals surface area contributed by atoms with Gasteiger partial charge in [-0.25, -0.2) is 0 Å². The molecule has 1 saturated carbocycles. The van der Waals surface area contributed by atoms with Crippen LogP contribution in [0.25, 0.3) is 0 Å². The van der Waals surface area contributed by atoms with Gasteiger partial charge < -0.3 is 4.74 Å². The van der Waals surface area contributed by atoms with Crippen molar-refractivity contribution in [3.63, 3.8) is 0 Å². The van der Waals surface area contributed by atoms with Gasteiger partial charge in [-0.15, -0.1) is 0 Å². The van der Waals surface area contributed by atoms with Crippen LogP contribution < -0.4 is 0 Å². The molecule has 3 nitrogen and oxygen atoms in total. The zero-order valence-electron chi connectivity index (χ0n) is 14.8. The highest BCUT2D eigenvalue weighted by Gasteiger charge is 2.36. The van der Waals surface area contributed by atoms with Gasteiger partial charge in [-0.05, 0) is 44.9 Å². The molecule has 1 saturated heterocycles. The minimum Gasteiger partial charge on any atom is -0.374 e. The molecule has 0 aromatic rings. The van der Waals surface area contributed by atoms with Gasteiger partial charge in [-0.3, -0.25) is 9.80 Å². The lowest BCUT2D eigenvalue weighted by Crippen LogP contribution is -2.55. The van der Waals surface area contributed by atoms with E-state index in [9.17, 15) is 0 Å². The largest absolute Gasteiger partial charge is 0.374 e. The van der Waals surface area contributed by atoms with E-state index in [2.05, 4.69) is 44.4 Å². The fraction of sp³-hybridized carbons (Fsp3) is 1.00. The van der Waals surface area contributed by atoms with Crippen LogP contribution in [0.15, 0.2) is 0 Å². The van der Waals surface area contributed by atoms with E-state index >= 15 is 0 Å². The first-order chi connectivity index (χ1) is 9.99. The smallest absolute Gasteiger partial charge is 0.0677 e. The van der Waals surface area contributed by atoms with Gasteiger partial charge in [0.1, 0.15) is 0 Å². The minimum atomic E-state index is 0.362. The monoisotopic (exact) mass is 296 g/mol. The Morgan fingerprint density at radius 2 is 1.57 bits per heavy atom. The van der Waals surface area contributed by atoms with Crippen LogP contribution in [0.4, 0.5) is 0 Å². The molecule has 2 atom stereocenters. The van der Waals surface area contributed by atoms with E-state index < -0.39 is 0 Å². The Kier molecular flexibility index (Phi) is 6.51. The van der Waals surface area contributed by atoms with E-state index in [0.717, 1.165) is 30.8 Å². The van der Waals surface area contributed by atoms with Gasteiger partial charge in [0.05, 0.1) is 12.2 Å². The SMILES string of the molecule is CCC(C)OC(C)CN1CCN(C2CC(C(C)C)C2)CC1. The number of hydrogen-bond acceptors (Lipinski definition) is 3. The maximum atomic E-state index is 5.99. The first-order valence-corrected chi connectivity index (χ1v) is 9.11. The van der Waals surface area contributed by atoms with Crippen molar-refractivity contribution in [1.29, 1.82) is 0 Å². The average Bonchev–Trinajstić information content (AvgIpc) is 2.38. The molecule has 0 aromatic carbocycles. The highest BCUT2D eigenvalue weighted by atomic mass is 16.5. The maximum Gasteiger partial charge on any atom is 0.0677 e. The Morgan fingerprint density at radius 3 is 2.10 bits per heavy atom. The molecule has 124 valence electrons. The molecular formula is C18H36N2O. The number of piperazine rings is 1. The van der Waals surface area contributed by atoms with Crippen molar-refractivity contribution < 1.29 is 4.74 Å². The Labute approximate surface area is 132 Å². The lowest BCUT2D eigenvalue weighted by atomic mass is 9.73. The highest BCUT2D eigenvalue weighted by Crippen LogP contribution is 2.37. The fourth-order valence-corrected chi connectivity index (χ4v) is 3.68. The van der Waals surface area contributed by atoms with Crippen molar-refractivity contribution in [3.8, 4) is 0 Å². The third-order valence-electron chi connectivity index (χ3n) is 5.57. The molecule has 0 aromatic heterocycles. The summed E-state index contributed by atoms with van der Waals surface area (Å²) in [6.45, 7) is 17.4. The summed E-state index contributed by atoms with van der Waals surface area (Å²) >= 11 is 0. The van der Waals surface area contributed by atoms with Crippen molar-refractivity contribution in [2.24, 2.45) is 11.8 Å². The van der Waals surface area contributed by atoms with Crippen LogP contribution in [0.2, 0.25) is 0 Å². The molecule has 1 heterocycles. The molecule has 0 N–H and O–H groups in total. The lowest BCUT2D eigenvalue weighted by molar-refractivity contribution is -0.0293. The Morgan fingerprint density at radius 1 is 0.952 bits per heavy atom. The van der Waals surface area contributed by atoms with Gasteiger partial charge in [-0.1, -0.05) is 20.8 Å². The van der Waals surface area contributed by atoms with Gasteiger partial charge in [-0.2, -0.15) is 0 Å². The molecule has 1 aliphatic carbocycles. The molecule has 0 radical (unpaired) electrons. The topological polar surface area (TPSA) is 15.7 Å². The van der Waals surface area contributed by atoms with Crippen LogP contribution in [0.5, 0.6) is 0 Å². The Bertz CT molecular complexity index is 294. The van der Waals surface area contributed by atoms with E-state index in [0.29, 0.717) is 12.2 Å². The third kappa shape index (κ3) is 4.94. The summed E-state index contributed by atoms with van der Waals surface area (Å²) in [4.78, 5) is 5.32. The molecule has 0 amide bonds. The average molecular weight is 296 g/mol. The zero-order chi connectivity index (χ0) is 15.4. The number of ether oxygens (including phenoxy) is 1. The maximum absolute atomic E-state index is 5.99. The summed E-state index contributed by atoms with van der Waals surface area (Å²) in [6, 6.07) is 0.883. The number of rotatable bonds is 7. The summed E-state index contributed by atoms with van der Waals surface area (Å²) in [6.07, 6.45) is 4.73. The van der Waals surface area contributed by atoms with Crippen LogP contribution in [0.1, 0.15) is 53.9 Å². The summed E-state index contributed by atoms with van der Waals surface area (Å²) in [5.41, 5.74) is 0. The molecule has 2 aliphatic rings. The molecule has 2 rings (SSSR count). The van der Waals surface area contributed by atoms with Crippen molar-refractivity contribution in [1.82, 2.24) is 9.80 Å². The minimum absolute atomic E-state index is 0.362. The van der Waals surface area contributed by atoms with E-state index in [1.165, 1.54) is 39.0 Å². The van der Waals surface area contributed by atoms with Crippen LogP contribution in [-0.2, 0) is 4.74 Å². The summed E-state index contributed by atoms with van der Waals surface area (Å²) in [5, 5.41) is 0. The second-order valence-electron chi connectivity index (χ2n) is 7.63. The van der Waals surface area contributed by atoms with E-state index in [-0.39, 0.29) is 0 Å². The molecule has 0 bridgehead atoms. The summed E-state index contributed by atoms with van der Waals surface area (Å²) < 4.78 is 5.99. The second-order valence-corrected chi connectivity index (χ2v) is 7.63. The normalized spacial score (nSPS) is 31.1. The van der Waals surface area contributed by atoms with Gasteiger partial charge in [0.25, 0.3) is 0 Å². The first kappa shape index (κ1) is 17.2. The first-order valence-electron chi connectivity index (χ1n) is 9.11. The zero-order valence-corrected chi connectivity index (χ0v) is 14.8. The third-order valence-corrected chi connectivity index (χ3v) is 5.57. The van der Waals surface area contributed by atoms with Crippen LogP contribution in [0.3, 0.4) is 0 Å². The van der Waals surface area contributed by atoms with E-state index in [1.807, 2.05) is 0 Å². The summed E-state index contributed by atoms with van der Waals surface area (Å²) in [5.74, 6) is 1.86. The quantitative estimate of drug-likeness (QED) is 0.717. The molecule has 21 heavy (non-hydrogen) atoms. The van der Waals surface area contributed by atoms with Crippen LogP contribution in [-0.4, -0.2) is 60.8 Å². The van der Waals surface area contributed by atoms with Crippen molar-refractivity contribution >= 4 is 0 Å². The second kappa shape index (κ2) is 7.94. The fourth-order valence-electron chi connectivity index (χ4n) is 3.68. The molecule has 2 unspecified atom stereocenters. The predicted molar refractivity (Wildman–Crippen MR) is 89.7 cm³/mol. The Hall–Kier alpha value is -0.120. The molecule has 3 heteroatoms. The predicted octanol–water partition coefficient (Wildman–Crippen LogP) is 3.24. The molecule has 1 aliphatic heterocycles. The standard InChI is InChI=1S/C18H36N2O/c1-6-15(4)21-16(5)13-19-7-9-20(10-8-19)18-11-17(12-18)14(2)3/h14-18H,6-13H2,1-5H3. The van der Waals surface area contributed by atoms with Gasteiger partial charge in [0.15, 0.2) is 0 Å². The van der Waals surface area contributed by atoms with Crippen molar-refractivity contribution in [3.05, 3.63) is 0 Å². The summed E-state index contributed by atoms with van der Waals surface area (Å²) in [7, 11) is 0. The van der Waals surface area contributed by atoms with Gasteiger partial charge >= 0.3 is 0 Å². The highest BCUT2D eigenvalue weighted by molar-refractivity contribution is 4.90. The number of hydrogen-bond donors (Lipinski definition) is 0. The molecule has 2 fully saturated rings. The molecular weight excluding hydrogens is 260 g/mol. The van der Waals surface area contributed by atoms with Gasteiger partial charge in [0, 0.05) is 38.8 Å². The van der Waals surface area contributed by atoms with Crippen LogP contribution in [0, 0.1) is 11.8 Å². The van der Waals surface area contributed by atoms with E-state index in [4.69, 9.17) is 4.74 Å². The lowest BCUT2D eigenvalue weighted by Gasteiger charge is -2.48. The number of nitrogens with zero attached hydrogens (tertiary/aromatic N) is 2. The van der Waals surface area contributed by atoms with Crippen LogP contribution >= 0.6 is 0 Å². The molecule has 0 spiro atoms.